The number of carbonyl (C=O) groups is 1. The van der Waals surface area contributed by atoms with Crippen molar-refractivity contribution >= 4 is 66.4 Å². The Bertz CT molecular complexity index is 1260. The Kier molecular flexibility index (Phi) is 6.08. The highest BCUT2D eigenvalue weighted by atomic mass is 79.9. The monoisotopic (exact) mass is 497 g/mol. The third-order valence-electron chi connectivity index (χ3n) is 4.40. The van der Waals surface area contributed by atoms with Crippen LogP contribution in [0.25, 0.3) is 22.0 Å². The molecule has 1 amide bonds. The molecule has 150 valence electrons. The summed E-state index contributed by atoms with van der Waals surface area (Å²) >= 11 is 10.1. The largest absolute Gasteiger partial charge is 0.496 e. The van der Waals surface area contributed by atoms with Crippen LogP contribution < -0.4 is 15.4 Å². The third kappa shape index (κ3) is 4.51. The van der Waals surface area contributed by atoms with Gasteiger partial charge in [-0.2, -0.15) is 0 Å². The summed E-state index contributed by atoms with van der Waals surface area (Å²) in [6.45, 7) is 0. The molecule has 0 fully saturated rings. The Morgan fingerprint density at radius 1 is 1.10 bits per heavy atom. The molecular formula is C22H16BrN3O2S2. The average Bonchev–Trinajstić information content (AvgIpc) is 3.21. The van der Waals surface area contributed by atoms with Crippen molar-refractivity contribution in [3.05, 3.63) is 76.1 Å². The van der Waals surface area contributed by atoms with Crippen molar-refractivity contribution in [3.8, 4) is 17.0 Å². The maximum atomic E-state index is 12.6. The van der Waals surface area contributed by atoms with E-state index in [1.807, 2.05) is 23.6 Å². The fourth-order valence-electron chi connectivity index (χ4n) is 2.97. The number of hydrogen-bond acceptors (Lipinski definition) is 5. The molecule has 0 atom stereocenters. The summed E-state index contributed by atoms with van der Waals surface area (Å²) in [4.78, 5) is 17.2. The predicted molar refractivity (Wildman–Crippen MR) is 129 cm³/mol. The highest BCUT2D eigenvalue weighted by Crippen LogP contribution is 2.28. The first-order valence-electron chi connectivity index (χ1n) is 8.94. The van der Waals surface area contributed by atoms with Crippen LogP contribution in [0.4, 0.5) is 5.13 Å². The van der Waals surface area contributed by atoms with Crippen LogP contribution in [0.5, 0.6) is 5.75 Å². The molecule has 2 N–H and O–H groups in total. The number of thiazole rings is 1. The summed E-state index contributed by atoms with van der Waals surface area (Å²) in [5.74, 6) is 0.100. The number of hydrogen-bond donors (Lipinski definition) is 2. The van der Waals surface area contributed by atoms with Gasteiger partial charge >= 0.3 is 0 Å². The lowest BCUT2D eigenvalue weighted by Crippen LogP contribution is -2.34. The van der Waals surface area contributed by atoms with Crippen LogP contribution in [-0.2, 0) is 0 Å². The number of thiocarbonyl (C=S) groups is 1. The first-order chi connectivity index (χ1) is 14.5. The Balaban J connectivity index is 1.46. The minimum absolute atomic E-state index is 0.168. The zero-order valence-corrected chi connectivity index (χ0v) is 19.0. The maximum absolute atomic E-state index is 12.6. The standard InChI is InChI=1S/C22H16BrN3O2S2/c1-28-19-9-8-16(23)11-17(19)20(27)25-21(29)26-22-24-18(12-30-22)15-7-6-13-4-2-3-5-14(13)10-15/h2-12H,1H3,(H2,24,25,26,27,29). The molecule has 4 rings (SSSR count). The van der Waals surface area contributed by atoms with Gasteiger partial charge in [0.15, 0.2) is 10.2 Å². The van der Waals surface area contributed by atoms with E-state index >= 15 is 0 Å². The SMILES string of the molecule is COc1ccc(Br)cc1C(=O)NC(=S)Nc1nc(-c2ccc3ccccc3c2)cs1. The number of rotatable bonds is 4. The number of halogens is 1. The molecule has 0 saturated heterocycles. The van der Waals surface area contributed by atoms with Gasteiger partial charge in [0.05, 0.1) is 18.4 Å². The first kappa shape index (κ1) is 20.5. The van der Waals surface area contributed by atoms with Crippen molar-refractivity contribution < 1.29 is 9.53 Å². The van der Waals surface area contributed by atoms with Gasteiger partial charge in [0.1, 0.15) is 5.75 Å². The van der Waals surface area contributed by atoms with Gasteiger partial charge in [0, 0.05) is 15.4 Å². The van der Waals surface area contributed by atoms with Gasteiger partial charge < -0.3 is 10.1 Å². The lowest BCUT2D eigenvalue weighted by Gasteiger charge is -2.10. The number of aromatic nitrogens is 1. The minimum Gasteiger partial charge on any atom is -0.496 e. The van der Waals surface area contributed by atoms with Crippen LogP contribution in [0.2, 0.25) is 0 Å². The number of methoxy groups -OCH3 is 1. The van der Waals surface area contributed by atoms with E-state index in [0.717, 1.165) is 21.1 Å². The maximum Gasteiger partial charge on any atom is 0.261 e. The number of fused-ring (bicyclic) bond motifs is 1. The lowest BCUT2D eigenvalue weighted by molar-refractivity contribution is 0.0974. The summed E-state index contributed by atoms with van der Waals surface area (Å²) < 4.78 is 6.02. The van der Waals surface area contributed by atoms with Crippen LogP contribution in [-0.4, -0.2) is 23.1 Å². The van der Waals surface area contributed by atoms with E-state index in [2.05, 4.69) is 55.8 Å². The summed E-state index contributed by atoms with van der Waals surface area (Å²) in [5.41, 5.74) is 2.25. The molecule has 0 spiro atoms. The molecule has 0 aliphatic heterocycles. The minimum atomic E-state index is -0.364. The molecule has 8 heteroatoms. The molecule has 4 aromatic rings. The van der Waals surface area contributed by atoms with Crippen molar-refractivity contribution in [2.24, 2.45) is 0 Å². The molecular weight excluding hydrogens is 482 g/mol. The van der Waals surface area contributed by atoms with Crippen LogP contribution in [0.15, 0.2) is 70.5 Å². The van der Waals surface area contributed by atoms with E-state index in [1.165, 1.54) is 23.8 Å². The Hall–Kier alpha value is -2.81. The van der Waals surface area contributed by atoms with E-state index in [1.54, 1.807) is 18.2 Å². The van der Waals surface area contributed by atoms with Gasteiger partial charge in [-0.15, -0.1) is 11.3 Å². The van der Waals surface area contributed by atoms with Crippen LogP contribution >= 0.6 is 39.5 Å². The van der Waals surface area contributed by atoms with E-state index < -0.39 is 0 Å². The Morgan fingerprint density at radius 3 is 2.70 bits per heavy atom. The Labute approximate surface area is 191 Å². The van der Waals surface area contributed by atoms with Crippen molar-refractivity contribution in [3.63, 3.8) is 0 Å². The second kappa shape index (κ2) is 8.91. The number of carbonyl (C=O) groups excluding carboxylic acids is 1. The third-order valence-corrected chi connectivity index (χ3v) is 5.86. The first-order valence-corrected chi connectivity index (χ1v) is 11.0. The van der Waals surface area contributed by atoms with Gasteiger partial charge in [-0.1, -0.05) is 52.3 Å². The topological polar surface area (TPSA) is 63.2 Å². The molecule has 0 radical (unpaired) electrons. The van der Waals surface area contributed by atoms with Gasteiger partial charge in [0.25, 0.3) is 5.91 Å². The number of nitrogens with one attached hydrogen (secondary N) is 2. The smallest absolute Gasteiger partial charge is 0.261 e. The van der Waals surface area contributed by atoms with Crippen LogP contribution in [0.1, 0.15) is 10.4 Å². The molecule has 0 aliphatic carbocycles. The summed E-state index contributed by atoms with van der Waals surface area (Å²) in [5, 5.41) is 10.7. The zero-order valence-electron chi connectivity index (χ0n) is 15.8. The molecule has 0 unspecified atom stereocenters. The van der Waals surface area contributed by atoms with Gasteiger partial charge in [-0.25, -0.2) is 4.98 Å². The number of nitrogens with zero attached hydrogens (tertiary/aromatic N) is 1. The van der Waals surface area contributed by atoms with E-state index in [0.29, 0.717) is 16.4 Å². The van der Waals surface area contributed by atoms with Crippen molar-refractivity contribution in [1.29, 1.82) is 0 Å². The molecule has 1 heterocycles. The van der Waals surface area contributed by atoms with Gasteiger partial charge in [-0.3, -0.25) is 10.1 Å². The average molecular weight is 498 g/mol. The normalized spacial score (nSPS) is 10.6. The summed E-state index contributed by atoms with van der Waals surface area (Å²) in [6, 6.07) is 19.6. The molecule has 1 aromatic heterocycles. The number of ether oxygens (including phenoxy) is 1. The van der Waals surface area contributed by atoms with Crippen molar-refractivity contribution in [2.45, 2.75) is 0 Å². The lowest BCUT2D eigenvalue weighted by atomic mass is 10.1. The fourth-order valence-corrected chi connectivity index (χ4v) is 4.31. The number of amides is 1. The number of benzene rings is 3. The molecule has 0 saturated carbocycles. The summed E-state index contributed by atoms with van der Waals surface area (Å²) in [6.07, 6.45) is 0. The molecule has 0 aliphatic rings. The second-order valence-corrected chi connectivity index (χ2v) is 8.53. The molecule has 0 bridgehead atoms. The van der Waals surface area contributed by atoms with Crippen LogP contribution in [0, 0.1) is 0 Å². The zero-order chi connectivity index (χ0) is 21.1. The second-order valence-electron chi connectivity index (χ2n) is 6.35. The highest BCUT2D eigenvalue weighted by Gasteiger charge is 2.15. The van der Waals surface area contributed by atoms with E-state index in [4.69, 9.17) is 17.0 Å². The quantitative estimate of drug-likeness (QED) is 0.345. The highest BCUT2D eigenvalue weighted by molar-refractivity contribution is 9.10. The van der Waals surface area contributed by atoms with Crippen molar-refractivity contribution in [1.82, 2.24) is 10.3 Å². The molecule has 30 heavy (non-hydrogen) atoms. The van der Waals surface area contributed by atoms with Gasteiger partial charge in [-0.05, 0) is 47.3 Å². The Morgan fingerprint density at radius 2 is 1.90 bits per heavy atom. The van der Waals surface area contributed by atoms with Crippen LogP contribution in [0.3, 0.4) is 0 Å². The number of anilines is 1. The fraction of sp³-hybridized carbons (Fsp3) is 0.0455. The van der Waals surface area contributed by atoms with Crippen molar-refractivity contribution in [2.75, 3.05) is 12.4 Å². The van der Waals surface area contributed by atoms with Gasteiger partial charge in [0.2, 0.25) is 0 Å². The molecule has 3 aromatic carbocycles. The van der Waals surface area contributed by atoms with E-state index in [9.17, 15) is 4.79 Å². The van der Waals surface area contributed by atoms with E-state index in [-0.39, 0.29) is 11.0 Å². The predicted octanol–water partition coefficient (Wildman–Crippen LogP) is 5.86. The molecule has 5 nitrogen and oxygen atoms in total. The summed E-state index contributed by atoms with van der Waals surface area (Å²) in [7, 11) is 1.51.